The molecule has 0 aliphatic heterocycles. The molecule has 0 amide bonds. The number of pyridine rings is 1. The quantitative estimate of drug-likeness (QED) is 0.678. The van der Waals surface area contributed by atoms with Crippen molar-refractivity contribution in [3.05, 3.63) is 29.3 Å². The molecule has 0 radical (unpaired) electrons. The lowest BCUT2D eigenvalue weighted by Gasteiger charge is -2.04. The van der Waals surface area contributed by atoms with Gasteiger partial charge in [0.25, 0.3) is 0 Å². The number of nitrogens with two attached hydrogens (primary N) is 1. The summed E-state index contributed by atoms with van der Waals surface area (Å²) in [7, 11) is 0. The van der Waals surface area contributed by atoms with Gasteiger partial charge in [-0.3, -0.25) is 4.98 Å². The van der Waals surface area contributed by atoms with Gasteiger partial charge in [0, 0.05) is 12.2 Å². The first kappa shape index (κ1) is 8.62. The third-order valence-corrected chi connectivity index (χ3v) is 1.43. The van der Waals surface area contributed by atoms with E-state index in [1.807, 2.05) is 0 Å². The lowest BCUT2D eigenvalue weighted by atomic mass is 10.2. The summed E-state index contributed by atoms with van der Waals surface area (Å²) in [5, 5.41) is 8.40. The molecule has 2 N–H and O–H groups in total. The van der Waals surface area contributed by atoms with Crippen molar-refractivity contribution in [2.24, 2.45) is 5.73 Å². The first-order chi connectivity index (χ1) is 5.65. The predicted molar refractivity (Wildman–Crippen MR) is 41.5 cm³/mol. The first-order valence-electron chi connectivity index (χ1n) is 3.46. The Morgan fingerprint density at radius 1 is 1.75 bits per heavy atom. The minimum atomic E-state index is -0.524. The summed E-state index contributed by atoms with van der Waals surface area (Å²) < 4.78 is 13.0. The van der Waals surface area contributed by atoms with E-state index in [1.165, 1.54) is 6.20 Å². The standard InChI is InChI=1S/C8H8FN3/c1-5(11)8-7(9)2-6(3-10)4-12-8/h2,4-5H,11H2,1H3/t5-/m1/s1. The van der Waals surface area contributed by atoms with Gasteiger partial charge >= 0.3 is 0 Å². The zero-order valence-corrected chi connectivity index (χ0v) is 6.58. The van der Waals surface area contributed by atoms with Gasteiger partial charge in [0.2, 0.25) is 0 Å². The molecule has 4 heteroatoms. The highest BCUT2D eigenvalue weighted by Crippen LogP contribution is 2.11. The van der Waals surface area contributed by atoms with Gasteiger partial charge < -0.3 is 5.73 Å². The molecule has 0 saturated carbocycles. The summed E-state index contributed by atoms with van der Waals surface area (Å²) >= 11 is 0. The Bertz CT molecular complexity index is 328. The van der Waals surface area contributed by atoms with Crippen molar-refractivity contribution in [2.45, 2.75) is 13.0 Å². The van der Waals surface area contributed by atoms with Gasteiger partial charge in [0.15, 0.2) is 0 Å². The van der Waals surface area contributed by atoms with Crippen LogP contribution in [0.5, 0.6) is 0 Å². The molecule has 1 heterocycles. The summed E-state index contributed by atoms with van der Waals surface area (Å²) in [5.74, 6) is -0.524. The zero-order valence-electron chi connectivity index (χ0n) is 6.58. The molecule has 0 saturated heterocycles. The molecular weight excluding hydrogens is 157 g/mol. The summed E-state index contributed by atoms with van der Waals surface area (Å²) in [6.45, 7) is 1.64. The van der Waals surface area contributed by atoms with E-state index in [2.05, 4.69) is 4.98 Å². The Kier molecular flexibility index (Phi) is 2.36. The van der Waals surface area contributed by atoms with Crippen molar-refractivity contribution in [1.29, 1.82) is 5.26 Å². The van der Waals surface area contributed by atoms with Crippen LogP contribution in [-0.4, -0.2) is 4.98 Å². The minimum absolute atomic E-state index is 0.189. The van der Waals surface area contributed by atoms with E-state index < -0.39 is 11.9 Å². The first-order valence-corrected chi connectivity index (χ1v) is 3.46. The maximum absolute atomic E-state index is 13.0. The number of hydrogen-bond acceptors (Lipinski definition) is 3. The summed E-state index contributed by atoms with van der Waals surface area (Å²) in [4.78, 5) is 3.73. The van der Waals surface area contributed by atoms with Crippen LogP contribution < -0.4 is 5.73 Å². The van der Waals surface area contributed by atoms with Crippen LogP contribution in [0.4, 0.5) is 4.39 Å². The monoisotopic (exact) mass is 165 g/mol. The lowest BCUT2D eigenvalue weighted by Crippen LogP contribution is -2.09. The zero-order chi connectivity index (χ0) is 9.14. The van der Waals surface area contributed by atoms with Crippen LogP contribution in [0.25, 0.3) is 0 Å². The van der Waals surface area contributed by atoms with Crippen molar-refractivity contribution < 1.29 is 4.39 Å². The van der Waals surface area contributed by atoms with Crippen LogP contribution in [0.2, 0.25) is 0 Å². The van der Waals surface area contributed by atoms with Crippen molar-refractivity contribution in [2.75, 3.05) is 0 Å². The van der Waals surface area contributed by atoms with Gasteiger partial charge in [-0.25, -0.2) is 4.39 Å². The van der Waals surface area contributed by atoms with Gasteiger partial charge in [-0.15, -0.1) is 0 Å². The maximum atomic E-state index is 13.0. The highest BCUT2D eigenvalue weighted by molar-refractivity contribution is 5.28. The Balaban J connectivity index is 3.14. The van der Waals surface area contributed by atoms with Crippen LogP contribution in [0.3, 0.4) is 0 Å². The van der Waals surface area contributed by atoms with Crippen LogP contribution >= 0.6 is 0 Å². The lowest BCUT2D eigenvalue weighted by molar-refractivity contribution is 0.578. The summed E-state index contributed by atoms with van der Waals surface area (Å²) in [6.07, 6.45) is 1.31. The van der Waals surface area contributed by atoms with E-state index in [9.17, 15) is 4.39 Å². The number of rotatable bonds is 1. The Morgan fingerprint density at radius 3 is 2.83 bits per heavy atom. The molecule has 0 unspecified atom stereocenters. The fourth-order valence-corrected chi connectivity index (χ4v) is 0.845. The number of nitriles is 1. The van der Waals surface area contributed by atoms with Gasteiger partial charge in [-0.1, -0.05) is 0 Å². The van der Waals surface area contributed by atoms with Crippen molar-refractivity contribution >= 4 is 0 Å². The maximum Gasteiger partial charge on any atom is 0.147 e. The molecule has 1 aromatic heterocycles. The van der Waals surface area contributed by atoms with E-state index in [4.69, 9.17) is 11.0 Å². The second-order valence-corrected chi connectivity index (χ2v) is 2.49. The summed E-state index contributed by atoms with van der Waals surface area (Å²) in [5.41, 5.74) is 5.82. The molecule has 1 atom stereocenters. The number of aromatic nitrogens is 1. The van der Waals surface area contributed by atoms with Crippen molar-refractivity contribution in [3.63, 3.8) is 0 Å². The SMILES string of the molecule is C[C@@H](N)c1ncc(C#N)cc1F. The molecule has 0 spiro atoms. The Hall–Kier alpha value is -1.47. The molecule has 1 aromatic rings. The average Bonchev–Trinajstić information content (AvgIpc) is 2.03. The fraction of sp³-hybridized carbons (Fsp3) is 0.250. The molecule has 0 aliphatic carbocycles. The van der Waals surface area contributed by atoms with Gasteiger partial charge in [0.1, 0.15) is 11.9 Å². The Labute approximate surface area is 69.6 Å². The van der Waals surface area contributed by atoms with E-state index in [0.717, 1.165) is 6.07 Å². The van der Waals surface area contributed by atoms with Crippen molar-refractivity contribution in [3.8, 4) is 6.07 Å². The van der Waals surface area contributed by atoms with Crippen LogP contribution in [0.1, 0.15) is 24.2 Å². The number of halogens is 1. The van der Waals surface area contributed by atoms with Gasteiger partial charge in [-0.05, 0) is 13.0 Å². The number of hydrogen-bond donors (Lipinski definition) is 1. The Morgan fingerprint density at radius 2 is 2.42 bits per heavy atom. The largest absolute Gasteiger partial charge is 0.323 e. The third-order valence-electron chi connectivity index (χ3n) is 1.43. The number of nitrogens with zero attached hydrogens (tertiary/aromatic N) is 2. The van der Waals surface area contributed by atoms with E-state index in [1.54, 1.807) is 13.0 Å². The molecule has 62 valence electrons. The van der Waals surface area contributed by atoms with E-state index in [-0.39, 0.29) is 11.3 Å². The predicted octanol–water partition coefficient (Wildman–Crippen LogP) is 1.11. The molecule has 3 nitrogen and oxygen atoms in total. The molecule has 0 bridgehead atoms. The molecule has 1 rings (SSSR count). The normalized spacial score (nSPS) is 12.2. The highest BCUT2D eigenvalue weighted by Gasteiger charge is 2.08. The van der Waals surface area contributed by atoms with Crippen LogP contribution in [0.15, 0.2) is 12.3 Å². The molecule has 0 aromatic carbocycles. The topological polar surface area (TPSA) is 62.7 Å². The van der Waals surface area contributed by atoms with Crippen LogP contribution in [-0.2, 0) is 0 Å². The minimum Gasteiger partial charge on any atom is -0.323 e. The molecule has 0 fully saturated rings. The molecule has 0 aliphatic rings. The fourth-order valence-electron chi connectivity index (χ4n) is 0.845. The highest BCUT2D eigenvalue weighted by atomic mass is 19.1. The smallest absolute Gasteiger partial charge is 0.147 e. The molecular formula is C8H8FN3. The third kappa shape index (κ3) is 1.57. The molecule has 12 heavy (non-hydrogen) atoms. The average molecular weight is 165 g/mol. The van der Waals surface area contributed by atoms with Gasteiger partial charge in [0.05, 0.1) is 11.3 Å². The van der Waals surface area contributed by atoms with Crippen molar-refractivity contribution in [1.82, 2.24) is 4.98 Å². The second kappa shape index (κ2) is 3.28. The second-order valence-electron chi connectivity index (χ2n) is 2.49. The van der Waals surface area contributed by atoms with E-state index in [0.29, 0.717) is 0 Å². The van der Waals surface area contributed by atoms with Gasteiger partial charge in [-0.2, -0.15) is 5.26 Å². The van der Waals surface area contributed by atoms with Crippen LogP contribution in [0, 0.1) is 17.1 Å². The summed E-state index contributed by atoms with van der Waals surface area (Å²) in [6, 6.07) is 2.47. The van der Waals surface area contributed by atoms with E-state index >= 15 is 0 Å².